The molecule has 1 aliphatic rings. The highest BCUT2D eigenvalue weighted by Crippen LogP contribution is 2.29. The Morgan fingerprint density at radius 1 is 1.36 bits per heavy atom. The maximum absolute atomic E-state index is 12.1. The molecule has 0 unspecified atom stereocenters. The zero-order valence-corrected chi connectivity index (χ0v) is 12.7. The van der Waals surface area contributed by atoms with E-state index in [9.17, 15) is 14.9 Å². The fourth-order valence-electron chi connectivity index (χ4n) is 2.48. The Bertz CT molecular complexity index is 703. The summed E-state index contributed by atoms with van der Waals surface area (Å²) >= 11 is 1.60. The van der Waals surface area contributed by atoms with Gasteiger partial charge in [-0.2, -0.15) is 0 Å². The van der Waals surface area contributed by atoms with E-state index in [4.69, 9.17) is 0 Å². The number of hydrogen-bond acceptors (Lipinski definition) is 6. The van der Waals surface area contributed by atoms with E-state index in [1.54, 1.807) is 17.4 Å². The molecule has 0 fully saturated rings. The minimum Gasteiger partial charge on any atom is -0.354 e. The van der Waals surface area contributed by atoms with Crippen LogP contribution in [0.1, 0.15) is 33.8 Å². The summed E-state index contributed by atoms with van der Waals surface area (Å²) in [6, 6.07) is 5.79. The number of thiazole rings is 1. The lowest BCUT2D eigenvalue weighted by Gasteiger charge is -2.06. The second kappa shape index (κ2) is 6.23. The van der Waals surface area contributed by atoms with Gasteiger partial charge >= 0.3 is 0 Å². The van der Waals surface area contributed by atoms with Crippen LogP contribution >= 0.6 is 11.3 Å². The van der Waals surface area contributed by atoms with Crippen LogP contribution in [0.5, 0.6) is 0 Å². The second-order valence-corrected chi connectivity index (χ2v) is 6.26. The molecule has 0 atom stereocenters. The van der Waals surface area contributed by atoms with Crippen molar-refractivity contribution < 1.29 is 9.72 Å². The molecule has 0 amide bonds. The molecule has 0 bridgehead atoms. The van der Waals surface area contributed by atoms with Crippen molar-refractivity contribution in [3.63, 3.8) is 0 Å². The second-order valence-electron chi connectivity index (χ2n) is 5.18. The molecule has 2 aromatic rings. The standard InChI is InChI=1S/C15H15N3O3S/c19-13(10-4-3-5-11(8-10)18(20)21)9-16-15-17-12-6-1-2-7-14(12)22-15/h3-5,8H,1-2,6-7,9H2,(H,16,17). The number of aromatic nitrogens is 1. The summed E-state index contributed by atoms with van der Waals surface area (Å²) in [4.78, 5) is 28.2. The minimum absolute atomic E-state index is 0.0736. The Labute approximate surface area is 131 Å². The largest absolute Gasteiger partial charge is 0.354 e. The number of rotatable bonds is 5. The summed E-state index contributed by atoms with van der Waals surface area (Å²) in [5, 5.41) is 14.5. The molecule has 1 N–H and O–H groups in total. The van der Waals surface area contributed by atoms with Crippen LogP contribution in [0.25, 0.3) is 0 Å². The normalized spacial score (nSPS) is 13.5. The van der Waals surface area contributed by atoms with Gasteiger partial charge in [-0.25, -0.2) is 4.98 Å². The maximum Gasteiger partial charge on any atom is 0.270 e. The zero-order valence-electron chi connectivity index (χ0n) is 11.9. The van der Waals surface area contributed by atoms with Gasteiger partial charge in [-0.1, -0.05) is 12.1 Å². The molecule has 0 spiro atoms. The van der Waals surface area contributed by atoms with Gasteiger partial charge in [0.2, 0.25) is 0 Å². The number of nitro groups is 1. The summed E-state index contributed by atoms with van der Waals surface area (Å²) < 4.78 is 0. The number of Topliss-reactive ketones (excluding diaryl/α,β-unsaturated/α-hetero) is 1. The molecule has 22 heavy (non-hydrogen) atoms. The number of nitrogens with zero attached hydrogens (tertiary/aromatic N) is 2. The van der Waals surface area contributed by atoms with E-state index in [0.717, 1.165) is 23.7 Å². The van der Waals surface area contributed by atoms with E-state index in [-0.39, 0.29) is 18.0 Å². The number of aryl methyl sites for hydroxylation is 2. The minimum atomic E-state index is -0.501. The number of anilines is 1. The summed E-state index contributed by atoms with van der Waals surface area (Å²) in [5.41, 5.74) is 1.40. The first kappa shape index (κ1) is 14.6. The van der Waals surface area contributed by atoms with Crippen molar-refractivity contribution in [2.24, 2.45) is 0 Å². The lowest BCUT2D eigenvalue weighted by atomic mass is 10.0. The number of ketones is 1. The van der Waals surface area contributed by atoms with Crippen molar-refractivity contribution in [3.05, 3.63) is 50.5 Å². The molecule has 3 rings (SSSR count). The van der Waals surface area contributed by atoms with Gasteiger partial charge in [0.1, 0.15) is 0 Å². The Morgan fingerprint density at radius 3 is 2.95 bits per heavy atom. The fourth-order valence-corrected chi connectivity index (χ4v) is 3.52. The third-order valence-electron chi connectivity index (χ3n) is 3.62. The van der Waals surface area contributed by atoms with Crippen molar-refractivity contribution in [2.75, 3.05) is 11.9 Å². The third-order valence-corrected chi connectivity index (χ3v) is 4.74. The molecule has 7 heteroatoms. The highest BCUT2D eigenvalue weighted by atomic mass is 32.1. The first-order chi connectivity index (χ1) is 10.6. The average Bonchev–Trinajstić information content (AvgIpc) is 2.95. The van der Waals surface area contributed by atoms with Crippen molar-refractivity contribution in [1.29, 1.82) is 0 Å². The summed E-state index contributed by atoms with van der Waals surface area (Å²) in [7, 11) is 0. The number of carbonyl (C=O) groups excluding carboxylic acids is 1. The molecule has 0 aliphatic heterocycles. The van der Waals surface area contributed by atoms with Gasteiger partial charge in [-0.05, 0) is 25.7 Å². The van der Waals surface area contributed by atoms with Gasteiger partial charge < -0.3 is 5.32 Å². The number of nitrogens with one attached hydrogen (secondary N) is 1. The van der Waals surface area contributed by atoms with Gasteiger partial charge in [0.25, 0.3) is 5.69 Å². The maximum atomic E-state index is 12.1. The number of nitro benzene ring substituents is 1. The van der Waals surface area contributed by atoms with Crippen LogP contribution in [0.4, 0.5) is 10.8 Å². The van der Waals surface area contributed by atoms with Gasteiger partial charge in [0, 0.05) is 22.6 Å². The molecule has 0 saturated carbocycles. The van der Waals surface area contributed by atoms with E-state index in [0.29, 0.717) is 5.56 Å². The Morgan fingerprint density at radius 2 is 2.18 bits per heavy atom. The predicted octanol–water partition coefficient (Wildman–Crippen LogP) is 3.22. The molecular formula is C15H15N3O3S. The number of non-ortho nitro benzene ring substituents is 1. The highest BCUT2D eigenvalue weighted by molar-refractivity contribution is 7.15. The van der Waals surface area contributed by atoms with Crippen LogP contribution < -0.4 is 5.32 Å². The van der Waals surface area contributed by atoms with Crippen molar-refractivity contribution in [3.8, 4) is 0 Å². The first-order valence-corrected chi connectivity index (χ1v) is 7.95. The van der Waals surface area contributed by atoms with Crippen LogP contribution in [-0.2, 0) is 12.8 Å². The van der Waals surface area contributed by atoms with E-state index >= 15 is 0 Å². The molecule has 114 valence electrons. The zero-order chi connectivity index (χ0) is 15.5. The van der Waals surface area contributed by atoms with Crippen molar-refractivity contribution in [1.82, 2.24) is 4.98 Å². The average molecular weight is 317 g/mol. The van der Waals surface area contributed by atoms with Crippen LogP contribution in [0.2, 0.25) is 0 Å². The van der Waals surface area contributed by atoms with Crippen LogP contribution in [0, 0.1) is 10.1 Å². The predicted molar refractivity (Wildman–Crippen MR) is 84.7 cm³/mol. The molecular weight excluding hydrogens is 302 g/mol. The van der Waals surface area contributed by atoms with Gasteiger partial charge in [-0.3, -0.25) is 14.9 Å². The van der Waals surface area contributed by atoms with Crippen molar-refractivity contribution in [2.45, 2.75) is 25.7 Å². The number of carbonyl (C=O) groups is 1. The smallest absolute Gasteiger partial charge is 0.270 e. The third kappa shape index (κ3) is 3.14. The SMILES string of the molecule is O=C(CNc1nc2c(s1)CCCC2)c1cccc([N+](=O)[O-])c1. The quantitative estimate of drug-likeness (QED) is 0.520. The number of benzene rings is 1. The Balaban J connectivity index is 1.66. The fraction of sp³-hybridized carbons (Fsp3) is 0.333. The van der Waals surface area contributed by atoms with Crippen LogP contribution in [0.3, 0.4) is 0 Å². The monoisotopic (exact) mass is 317 g/mol. The molecule has 1 aromatic heterocycles. The highest BCUT2D eigenvalue weighted by Gasteiger charge is 2.16. The lowest BCUT2D eigenvalue weighted by Crippen LogP contribution is -2.14. The first-order valence-electron chi connectivity index (χ1n) is 7.13. The van der Waals surface area contributed by atoms with Gasteiger partial charge in [0.15, 0.2) is 10.9 Å². The summed E-state index contributed by atoms with van der Waals surface area (Å²) in [6.07, 6.45) is 4.43. The van der Waals surface area contributed by atoms with E-state index in [1.165, 1.54) is 35.9 Å². The molecule has 6 nitrogen and oxygen atoms in total. The molecule has 1 aliphatic carbocycles. The topological polar surface area (TPSA) is 85.1 Å². The molecule has 1 aromatic carbocycles. The number of hydrogen-bond donors (Lipinski definition) is 1. The van der Waals surface area contributed by atoms with Crippen LogP contribution in [0.15, 0.2) is 24.3 Å². The Hall–Kier alpha value is -2.28. The van der Waals surface area contributed by atoms with E-state index < -0.39 is 4.92 Å². The van der Waals surface area contributed by atoms with Crippen LogP contribution in [-0.4, -0.2) is 22.2 Å². The summed E-state index contributed by atoms with van der Waals surface area (Å²) in [5.74, 6) is -0.183. The number of fused-ring (bicyclic) bond motifs is 1. The van der Waals surface area contributed by atoms with Gasteiger partial charge in [0.05, 0.1) is 17.2 Å². The lowest BCUT2D eigenvalue weighted by molar-refractivity contribution is -0.384. The van der Waals surface area contributed by atoms with Gasteiger partial charge in [-0.15, -0.1) is 11.3 Å². The Kier molecular flexibility index (Phi) is 4.15. The van der Waals surface area contributed by atoms with Crippen molar-refractivity contribution >= 4 is 27.9 Å². The van der Waals surface area contributed by atoms with E-state index in [1.807, 2.05) is 0 Å². The van der Waals surface area contributed by atoms with E-state index in [2.05, 4.69) is 10.3 Å². The summed E-state index contributed by atoms with van der Waals surface area (Å²) in [6.45, 7) is 0.0908. The molecule has 0 radical (unpaired) electrons. The molecule has 1 heterocycles. The molecule has 0 saturated heterocycles.